The molecular formula is C29H53N6O7. The summed E-state index contributed by atoms with van der Waals surface area (Å²) >= 11 is 0. The van der Waals surface area contributed by atoms with Crippen LogP contribution < -0.4 is 10.6 Å². The molecule has 0 bridgehead atoms. The number of amides is 2. The van der Waals surface area contributed by atoms with E-state index in [1.807, 2.05) is 0 Å². The van der Waals surface area contributed by atoms with Crippen LogP contribution in [0, 0.1) is 0 Å². The van der Waals surface area contributed by atoms with Gasteiger partial charge in [-0.3, -0.25) is 14.4 Å². The standard InChI is InChI=1S/C29H53N6O7/c36-18-21-41-23-22-39-20-17-31-29(38)26-42-25-24-40-19-16-30-28(37)15-13-11-9-7-5-3-1-2-4-6-8-10-12-14-27-32-34-35-33-27/h1-17,19-26H2,(H,30,37)(H,31,38)(H,32,33,34,35). The third kappa shape index (κ3) is 26.4. The highest BCUT2D eigenvalue weighted by molar-refractivity contribution is 5.77. The van der Waals surface area contributed by atoms with E-state index in [-0.39, 0.29) is 25.0 Å². The number of carbonyl (C=O) groups is 2. The number of aryl methyl sites for hydroxylation is 1. The van der Waals surface area contributed by atoms with Crippen LogP contribution in [0.2, 0.25) is 0 Å². The van der Waals surface area contributed by atoms with E-state index in [1.165, 1.54) is 64.2 Å². The molecule has 0 fully saturated rings. The second-order valence-electron chi connectivity index (χ2n) is 10.1. The second-order valence-corrected chi connectivity index (χ2v) is 10.1. The van der Waals surface area contributed by atoms with Gasteiger partial charge in [-0.1, -0.05) is 70.6 Å². The Morgan fingerprint density at radius 1 is 0.643 bits per heavy atom. The average Bonchev–Trinajstić information content (AvgIpc) is 3.51. The van der Waals surface area contributed by atoms with E-state index in [0.29, 0.717) is 59.2 Å². The van der Waals surface area contributed by atoms with E-state index in [9.17, 15) is 14.4 Å². The van der Waals surface area contributed by atoms with Gasteiger partial charge in [0.2, 0.25) is 18.1 Å². The molecule has 0 aliphatic rings. The van der Waals surface area contributed by atoms with Crippen molar-refractivity contribution in [2.75, 3.05) is 65.9 Å². The van der Waals surface area contributed by atoms with Crippen molar-refractivity contribution >= 4 is 18.1 Å². The van der Waals surface area contributed by atoms with Crippen molar-refractivity contribution in [2.24, 2.45) is 0 Å². The molecule has 3 N–H and O–H groups in total. The summed E-state index contributed by atoms with van der Waals surface area (Å²) in [6.07, 6.45) is 19.2. The van der Waals surface area contributed by atoms with Gasteiger partial charge in [0.05, 0.1) is 39.6 Å². The van der Waals surface area contributed by atoms with Gasteiger partial charge in [-0.2, -0.15) is 0 Å². The highest BCUT2D eigenvalue weighted by Crippen LogP contribution is 2.13. The van der Waals surface area contributed by atoms with Gasteiger partial charge in [-0.05, 0) is 23.3 Å². The van der Waals surface area contributed by atoms with E-state index in [2.05, 4.69) is 31.3 Å². The fourth-order valence-corrected chi connectivity index (χ4v) is 4.19. The minimum Gasteiger partial charge on any atom is -0.377 e. The number of aromatic nitrogens is 4. The van der Waals surface area contributed by atoms with Gasteiger partial charge >= 0.3 is 0 Å². The summed E-state index contributed by atoms with van der Waals surface area (Å²) in [6, 6.07) is 0. The van der Waals surface area contributed by atoms with Crippen LogP contribution in [0.1, 0.15) is 95.7 Å². The lowest BCUT2D eigenvalue weighted by atomic mass is 10.0. The number of carbonyl (C=O) groups excluding carboxylic acids is 3. The van der Waals surface area contributed by atoms with E-state index in [4.69, 9.17) is 18.9 Å². The van der Waals surface area contributed by atoms with Gasteiger partial charge in [0.1, 0.15) is 19.0 Å². The number of hydrogen-bond donors (Lipinski definition) is 3. The quantitative estimate of drug-likeness (QED) is 0.105. The number of nitrogens with zero attached hydrogens (tertiary/aromatic N) is 3. The molecule has 0 aliphatic carbocycles. The predicted octanol–water partition coefficient (Wildman–Crippen LogP) is 2.61. The molecule has 1 heterocycles. The summed E-state index contributed by atoms with van der Waals surface area (Å²) in [5.41, 5.74) is 0. The zero-order valence-electron chi connectivity index (χ0n) is 25.4. The minimum atomic E-state index is -0.232. The molecule has 0 saturated carbocycles. The fraction of sp³-hybridized carbons (Fsp3) is 0.862. The van der Waals surface area contributed by atoms with Gasteiger partial charge < -0.3 is 29.6 Å². The Morgan fingerprint density at radius 2 is 1.17 bits per heavy atom. The number of H-pyrrole nitrogens is 1. The Bertz CT molecular complexity index is 755. The van der Waals surface area contributed by atoms with Crippen LogP contribution in [0.3, 0.4) is 0 Å². The molecule has 13 nitrogen and oxygen atoms in total. The molecule has 0 unspecified atom stereocenters. The van der Waals surface area contributed by atoms with Crippen LogP contribution in [-0.2, 0) is 39.8 Å². The summed E-state index contributed by atoms with van der Waals surface area (Å²) in [4.78, 5) is 33.5. The Kier molecular flexibility index (Phi) is 26.8. The zero-order chi connectivity index (χ0) is 30.2. The summed E-state index contributed by atoms with van der Waals surface area (Å²) in [6.45, 7) is 2.80. The Hall–Kier alpha value is -2.48. The van der Waals surface area contributed by atoms with Crippen molar-refractivity contribution in [1.82, 2.24) is 31.3 Å². The largest absolute Gasteiger partial charge is 0.377 e. The maximum Gasteiger partial charge on any atom is 0.246 e. The normalized spacial score (nSPS) is 11.0. The molecule has 0 aromatic carbocycles. The third-order valence-electron chi connectivity index (χ3n) is 6.48. The summed E-state index contributed by atoms with van der Waals surface area (Å²) < 4.78 is 20.8. The first-order chi connectivity index (χ1) is 20.7. The van der Waals surface area contributed by atoms with Crippen molar-refractivity contribution in [3.8, 4) is 0 Å². The molecule has 42 heavy (non-hydrogen) atoms. The van der Waals surface area contributed by atoms with Crippen LogP contribution in [0.4, 0.5) is 0 Å². The highest BCUT2D eigenvalue weighted by Gasteiger charge is 2.03. The first kappa shape index (κ1) is 37.5. The van der Waals surface area contributed by atoms with E-state index in [1.54, 1.807) is 6.29 Å². The van der Waals surface area contributed by atoms with E-state index < -0.39 is 0 Å². The minimum absolute atomic E-state index is 0.0514. The Labute approximate surface area is 250 Å². The number of nitrogens with one attached hydrogen (secondary N) is 3. The van der Waals surface area contributed by atoms with Crippen molar-refractivity contribution < 1.29 is 33.3 Å². The summed E-state index contributed by atoms with van der Waals surface area (Å²) in [5, 5.41) is 19.4. The number of aromatic amines is 1. The number of ether oxygens (including phenoxy) is 4. The first-order valence-electron chi connectivity index (χ1n) is 15.6. The summed E-state index contributed by atoms with van der Waals surface area (Å²) in [5.74, 6) is 0.721. The molecule has 0 saturated heterocycles. The lowest BCUT2D eigenvalue weighted by Gasteiger charge is -2.08. The van der Waals surface area contributed by atoms with Gasteiger partial charge in [0.25, 0.3) is 0 Å². The number of tetrazole rings is 1. The Balaban J connectivity index is 1.71. The molecule has 0 atom stereocenters. The van der Waals surface area contributed by atoms with Crippen molar-refractivity contribution in [2.45, 2.75) is 96.3 Å². The Morgan fingerprint density at radius 3 is 1.74 bits per heavy atom. The molecule has 2 amide bonds. The lowest BCUT2D eigenvalue weighted by molar-refractivity contribution is -0.126. The topological polar surface area (TPSA) is 167 Å². The SMILES string of the molecule is O=[C]COCCOCCNC(=O)COCCOCCNC(=O)CCCCCCCCCCCCCCCc1nnn[nH]1. The number of unbranched alkanes of at least 4 members (excludes halogenated alkanes) is 12. The van der Waals surface area contributed by atoms with Crippen LogP contribution in [-0.4, -0.2) is 105 Å². The molecule has 1 rings (SSSR count). The molecule has 13 heteroatoms. The molecule has 0 aliphatic heterocycles. The van der Waals surface area contributed by atoms with Crippen molar-refractivity contribution in [3.05, 3.63) is 5.82 Å². The van der Waals surface area contributed by atoms with Gasteiger partial charge in [-0.15, -0.1) is 5.10 Å². The number of rotatable bonds is 32. The summed E-state index contributed by atoms with van der Waals surface area (Å²) in [7, 11) is 0. The first-order valence-corrected chi connectivity index (χ1v) is 15.6. The van der Waals surface area contributed by atoms with Gasteiger partial charge in [0.15, 0.2) is 0 Å². The van der Waals surface area contributed by atoms with Crippen LogP contribution in [0.25, 0.3) is 0 Å². The highest BCUT2D eigenvalue weighted by atomic mass is 16.5. The third-order valence-corrected chi connectivity index (χ3v) is 6.48. The van der Waals surface area contributed by atoms with Crippen LogP contribution in [0.5, 0.6) is 0 Å². The maximum atomic E-state index is 11.9. The van der Waals surface area contributed by atoms with E-state index in [0.717, 1.165) is 31.5 Å². The zero-order valence-corrected chi connectivity index (χ0v) is 25.4. The van der Waals surface area contributed by atoms with Crippen LogP contribution in [0.15, 0.2) is 0 Å². The molecule has 241 valence electrons. The van der Waals surface area contributed by atoms with Crippen molar-refractivity contribution in [1.29, 1.82) is 0 Å². The molecule has 0 spiro atoms. The molecule has 1 aromatic heterocycles. The van der Waals surface area contributed by atoms with Crippen molar-refractivity contribution in [3.63, 3.8) is 0 Å². The van der Waals surface area contributed by atoms with Gasteiger partial charge in [-0.25, -0.2) is 5.10 Å². The second kappa shape index (κ2) is 30.0. The smallest absolute Gasteiger partial charge is 0.246 e. The maximum absolute atomic E-state index is 11.9. The average molecular weight is 598 g/mol. The molecular weight excluding hydrogens is 544 g/mol. The van der Waals surface area contributed by atoms with Gasteiger partial charge in [0, 0.05) is 25.9 Å². The van der Waals surface area contributed by atoms with E-state index >= 15 is 0 Å². The monoisotopic (exact) mass is 597 g/mol. The lowest BCUT2D eigenvalue weighted by Crippen LogP contribution is -2.31. The number of hydrogen-bond acceptors (Lipinski definition) is 10. The molecule has 1 aromatic rings. The molecule has 1 radical (unpaired) electrons. The predicted molar refractivity (Wildman–Crippen MR) is 158 cm³/mol. The van der Waals surface area contributed by atoms with Crippen LogP contribution >= 0.6 is 0 Å². The fourth-order valence-electron chi connectivity index (χ4n) is 4.19.